The number of nitrogens with one attached hydrogen (secondary N) is 1. The molecule has 0 aliphatic rings. The van der Waals surface area contributed by atoms with Crippen LogP contribution in [0.15, 0.2) is 53.6 Å². The lowest BCUT2D eigenvalue weighted by atomic mass is 10.2. The first kappa shape index (κ1) is 17.4. The second-order valence-electron chi connectivity index (χ2n) is 4.77. The van der Waals surface area contributed by atoms with Crippen LogP contribution in [0.1, 0.15) is 12.5 Å². The predicted octanol–water partition coefficient (Wildman–Crippen LogP) is 3.17. The molecule has 1 amide bonds. The van der Waals surface area contributed by atoms with Gasteiger partial charge in [0.2, 0.25) is 0 Å². The van der Waals surface area contributed by atoms with E-state index in [2.05, 4.69) is 10.5 Å². The van der Waals surface area contributed by atoms with Gasteiger partial charge in [0.15, 0.2) is 11.9 Å². The van der Waals surface area contributed by atoms with E-state index in [1.54, 1.807) is 30.3 Å². The molecule has 0 aliphatic carbocycles. The van der Waals surface area contributed by atoms with Gasteiger partial charge in [0.25, 0.3) is 5.91 Å². The maximum absolute atomic E-state index is 11.9. The van der Waals surface area contributed by atoms with Crippen molar-refractivity contribution in [2.45, 2.75) is 13.0 Å². The topological polar surface area (TPSA) is 93.8 Å². The third kappa shape index (κ3) is 4.79. The van der Waals surface area contributed by atoms with Gasteiger partial charge in [0.1, 0.15) is 0 Å². The fraction of sp³-hybridized carbons (Fsp3) is 0.125. The molecule has 1 unspecified atom stereocenters. The Morgan fingerprint density at radius 3 is 2.79 bits per heavy atom. The molecule has 0 fully saturated rings. The van der Waals surface area contributed by atoms with Crippen LogP contribution < -0.4 is 10.2 Å². The van der Waals surface area contributed by atoms with E-state index < -0.39 is 16.9 Å². The van der Waals surface area contributed by atoms with Crippen molar-refractivity contribution in [2.24, 2.45) is 5.10 Å². The summed E-state index contributed by atoms with van der Waals surface area (Å²) in [6.45, 7) is 1.47. The molecule has 0 saturated heterocycles. The minimum absolute atomic E-state index is 0.0176. The van der Waals surface area contributed by atoms with E-state index in [9.17, 15) is 14.9 Å². The lowest BCUT2D eigenvalue weighted by Gasteiger charge is -2.12. The van der Waals surface area contributed by atoms with Crippen molar-refractivity contribution in [1.29, 1.82) is 0 Å². The van der Waals surface area contributed by atoms with Gasteiger partial charge < -0.3 is 4.74 Å². The van der Waals surface area contributed by atoms with E-state index in [4.69, 9.17) is 16.3 Å². The zero-order valence-electron chi connectivity index (χ0n) is 12.7. The van der Waals surface area contributed by atoms with Gasteiger partial charge in [-0.3, -0.25) is 14.9 Å². The molecule has 0 radical (unpaired) electrons. The lowest BCUT2D eigenvalue weighted by molar-refractivity contribution is -0.386. The van der Waals surface area contributed by atoms with Crippen molar-refractivity contribution in [3.63, 3.8) is 0 Å². The summed E-state index contributed by atoms with van der Waals surface area (Å²) in [6, 6.07) is 12.8. The highest BCUT2D eigenvalue weighted by atomic mass is 35.5. The Labute approximate surface area is 143 Å². The molecule has 124 valence electrons. The number of ether oxygens (including phenoxy) is 1. The maximum Gasteiger partial charge on any atom is 0.310 e. The molecule has 1 N–H and O–H groups in total. The SMILES string of the molecule is CC(Oc1ccccc1[N+](=O)[O-])C(=O)N/N=C/c1cccc(Cl)c1. The van der Waals surface area contributed by atoms with E-state index in [1.165, 1.54) is 31.3 Å². The number of nitrogens with zero attached hydrogens (tertiary/aromatic N) is 2. The maximum atomic E-state index is 11.9. The van der Waals surface area contributed by atoms with Gasteiger partial charge in [-0.1, -0.05) is 35.9 Å². The molecule has 7 nitrogen and oxygen atoms in total. The van der Waals surface area contributed by atoms with Crippen LogP contribution in [0.25, 0.3) is 0 Å². The van der Waals surface area contributed by atoms with Crippen molar-refractivity contribution in [3.05, 3.63) is 69.2 Å². The van der Waals surface area contributed by atoms with Crippen LogP contribution in [0.5, 0.6) is 5.75 Å². The summed E-state index contributed by atoms with van der Waals surface area (Å²) in [7, 11) is 0. The average Bonchev–Trinajstić information content (AvgIpc) is 2.55. The van der Waals surface area contributed by atoms with E-state index in [1.807, 2.05) is 0 Å². The number of nitro benzene ring substituents is 1. The molecule has 0 spiro atoms. The molecule has 0 saturated carbocycles. The summed E-state index contributed by atoms with van der Waals surface area (Å²) in [5.41, 5.74) is 2.82. The van der Waals surface area contributed by atoms with Crippen molar-refractivity contribution >= 4 is 29.4 Å². The molecule has 0 heterocycles. The van der Waals surface area contributed by atoms with E-state index in [0.29, 0.717) is 5.02 Å². The van der Waals surface area contributed by atoms with E-state index >= 15 is 0 Å². The number of hydrazone groups is 1. The largest absolute Gasteiger partial charge is 0.474 e. The van der Waals surface area contributed by atoms with Crippen LogP contribution in [0.4, 0.5) is 5.69 Å². The number of hydrogen-bond acceptors (Lipinski definition) is 5. The zero-order valence-corrected chi connectivity index (χ0v) is 13.4. The molecule has 2 rings (SSSR count). The smallest absolute Gasteiger partial charge is 0.310 e. The number of halogens is 1. The van der Waals surface area contributed by atoms with Gasteiger partial charge >= 0.3 is 5.69 Å². The fourth-order valence-corrected chi connectivity index (χ4v) is 2.00. The van der Waals surface area contributed by atoms with Gasteiger partial charge in [0.05, 0.1) is 11.1 Å². The molecule has 8 heteroatoms. The highest BCUT2D eigenvalue weighted by molar-refractivity contribution is 6.30. The molecule has 2 aromatic rings. The molecule has 0 aliphatic heterocycles. The van der Waals surface area contributed by atoms with Gasteiger partial charge in [-0.2, -0.15) is 5.10 Å². The quantitative estimate of drug-likeness (QED) is 0.493. The highest BCUT2D eigenvalue weighted by Crippen LogP contribution is 2.26. The Morgan fingerprint density at radius 2 is 2.08 bits per heavy atom. The second kappa shape index (κ2) is 8.07. The summed E-state index contributed by atoms with van der Waals surface area (Å²) in [5.74, 6) is -0.518. The first-order valence-electron chi connectivity index (χ1n) is 6.96. The first-order chi connectivity index (χ1) is 11.5. The number of nitro groups is 1. The lowest BCUT2D eigenvalue weighted by Crippen LogP contribution is -2.33. The Hall–Kier alpha value is -2.93. The Morgan fingerprint density at radius 1 is 1.33 bits per heavy atom. The molecule has 0 aromatic heterocycles. The Kier molecular flexibility index (Phi) is 5.86. The van der Waals surface area contributed by atoms with Crippen LogP contribution in [-0.4, -0.2) is 23.1 Å². The number of carbonyl (C=O) groups excluding carboxylic acids is 1. The minimum atomic E-state index is -0.956. The molecular weight excluding hydrogens is 334 g/mol. The van der Waals surface area contributed by atoms with Gasteiger partial charge in [-0.25, -0.2) is 5.43 Å². The van der Waals surface area contributed by atoms with Crippen molar-refractivity contribution < 1.29 is 14.5 Å². The first-order valence-corrected chi connectivity index (χ1v) is 7.33. The third-order valence-electron chi connectivity index (χ3n) is 2.97. The monoisotopic (exact) mass is 347 g/mol. The van der Waals surface area contributed by atoms with Crippen LogP contribution in [0, 0.1) is 10.1 Å². The van der Waals surface area contributed by atoms with Crippen LogP contribution >= 0.6 is 11.6 Å². The molecular formula is C16H14ClN3O4. The molecule has 0 bridgehead atoms. The number of benzene rings is 2. The van der Waals surface area contributed by atoms with Crippen LogP contribution in [0.2, 0.25) is 5.02 Å². The summed E-state index contributed by atoms with van der Waals surface area (Å²) >= 11 is 5.84. The van der Waals surface area contributed by atoms with Crippen LogP contribution in [0.3, 0.4) is 0 Å². The fourth-order valence-electron chi connectivity index (χ4n) is 1.80. The number of carbonyl (C=O) groups is 1. The highest BCUT2D eigenvalue weighted by Gasteiger charge is 2.20. The van der Waals surface area contributed by atoms with Crippen molar-refractivity contribution in [1.82, 2.24) is 5.43 Å². The summed E-state index contributed by atoms with van der Waals surface area (Å²) in [5, 5.41) is 15.3. The molecule has 2 aromatic carbocycles. The Balaban J connectivity index is 1.97. The number of hydrogen-bond donors (Lipinski definition) is 1. The van der Waals surface area contributed by atoms with Crippen LogP contribution in [-0.2, 0) is 4.79 Å². The zero-order chi connectivity index (χ0) is 17.5. The number of amides is 1. The summed E-state index contributed by atoms with van der Waals surface area (Å²) < 4.78 is 5.34. The van der Waals surface area contributed by atoms with E-state index in [0.717, 1.165) is 5.56 Å². The van der Waals surface area contributed by atoms with Gasteiger partial charge in [0, 0.05) is 11.1 Å². The van der Waals surface area contributed by atoms with Gasteiger partial charge in [-0.15, -0.1) is 0 Å². The Bertz CT molecular complexity index is 779. The average molecular weight is 348 g/mol. The third-order valence-corrected chi connectivity index (χ3v) is 3.21. The van der Waals surface area contributed by atoms with Gasteiger partial charge in [-0.05, 0) is 30.7 Å². The number of para-hydroxylation sites is 2. The number of rotatable bonds is 6. The van der Waals surface area contributed by atoms with Crippen molar-refractivity contribution in [2.75, 3.05) is 0 Å². The van der Waals surface area contributed by atoms with E-state index in [-0.39, 0.29) is 11.4 Å². The minimum Gasteiger partial charge on any atom is -0.474 e. The molecule has 1 atom stereocenters. The predicted molar refractivity (Wildman–Crippen MR) is 90.4 cm³/mol. The summed E-state index contributed by atoms with van der Waals surface area (Å²) in [4.78, 5) is 22.3. The van der Waals surface area contributed by atoms with Crippen molar-refractivity contribution in [3.8, 4) is 5.75 Å². The summed E-state index contributed by atoms with van der Waals surface area (Å²) in [6.07, 6.45) is 0.476. The second-order valence-corrected chi connectivity index (χ2v) is 5.21. The molecule has 24 heavy (non-hydrogen) atoms. The standard InChI is InChI=1S/C16H14ClN3O4/c1-11(24-15-8-3-2-7-14(15)20(22)23)16(21)19-18-10-12-5-4-6-13(17)9-12/h2-11H,1H3,(H,19,21)/b18-10+. The normalized spacial score (nSPS) is 11.9.